The largest absolute Gasteiger partial charge is 0.466 e. The van der Waals surface area contributed by atoms with Crippen LogP contribution in [0.3, 0.4) is 0 Å². The first-order chi connectivity index (χ1) is 17.9. The molecule has 0 aliphatic carbocycles. The number of carbonyl (C=O) groups is 2. The summed E-state index contributed by atoms with van der Waals surface area (Å²) in [4.78, 5) is 26.9. The lowest BCUT2D eigenvalue weighted by atomic mass is 9.93. The van der Waals surface area contributed by atoms with Crippen molar-refractivity contribution < 1.29 is 18.7 Å². The average Bonchev–Trinajstić information content (AvgIpc) is 3.60. The fraction of sp³-hybridized carbons (Fsp3) is 0.280. The molecule has 0 saturated carbocycles. The number of carbonyl (C=O) groups excluding carboxylic acids is 2. The molecule has 0 fully saturated rings. The Balaban J connectivity index is 1.55. The standard InChI is InChI=1S/C25H25ClFN7O3/c1-2-37-25(36)18(15-34-29-9-10-30-34)12-20(31-24(35)23-14-28-33-32-23)11-16-3-5-17(6-4-16)21-13-19(26)7-8-22(21)27/h3-10,13-14,18,20H,2,11-12,15H2,1H3,(H,31,35)(H,28,32,33)/t18-,20+/m0/s1. The number of hydrogen-bond acceptors (Lipinski definition) is 7. The summed E-state index contributed by atoms with van der Waals surface area (Å²) >= 11 is 6.04. The fourth-order valence-electron chi connectivity index (χ4n) is 3.97. The minimum absolute atomic E-state index is 0.123. The van der Waals surface area contributed by atoms with Crippen LogP contribution in [0.2, 0.25) is 5.02 Å². The number of amides is 1. The van der Waals surface area contributed by atoms with Crippen molar-refractivity contribution in [2.45, 2.75) is 32.4 Å². The lowest BCUT2D eigenvalue weighted by molar-refractivity contribution is -0.149. The van der Waals surface area contributed by atoms with E-state index in [4.69, 9.17) is 16.3 Å². The number of H-pyrrole nitrogens is 1. The molecule has 2 N–H and O–H groups in total. The lowest BCUT2D eigenvalue weighted by Crippen LogP contribution is -2.40. The number of halogens is 2. The molecule has 0 aliphatic rings. The van der Waals surface area contributed by atoms with Gasteiger partial charge in [-0.3, -0.25) is 9.59 Å². The second kappa shape index (κ2) is 12.2. The van der Waals surface area contributed by atoms with Crippen molar-refractivity contribution in [1.82, 2.24) is 35.7 Å². The SMILES string of the molecule is CCOC(=O)[C@@H](C[C@@H](Cc1ccc(-c2cc(Cl)ccc2F)cc1)NC(=O)c1cn[nH]n1)Cn1nccn1. The number of benzene rings is 2. The summed E-state index contributed by atoms with van der Waals surface area (Å²) in [5, 5.41) is 21.5. The molecule has 192 valence electrons. The van der Waals surface area contributed by atoms with Gasteiger partial charge in [0.05, 0.1) is 37.7 Å². The molecule has 2 aromatic heterocycles. The molecule has 2 aromatic carbocycles. The van der Waals surface area contributed by atoms with Gasteiger partial charge in [-0.1, -0.05) is 35.9 Å². The Labute approximate surface area is 217 Å². The van der Waals surface area contributed by atoms with Gasteiger partial charge in [-0.2, -0.15) is 30.4 Å². The van der Waals surface area contributed by atoms with Crippen LogP contribution < -0.4 is 5.32 Å². The number of aromatic amines is 1. The molecule has 0 unspecified atom stereocenters. The summed E-state index contributed by atoms with van der Waals surface area (Å²) < 4.78 is 19.6. The van der Waals surface area contributed by atoms with E-state index in [2.05, 4.69) is 30.9 Å². The van der Waals surface area contributed by atoms with E-state index in [9.17, 15) is 14.0 Å². The number of hydrogen-bond donors (Lipinski definition) is 2. The molecule has 2 atom stereocenters. The zero-order chi connectivity index (χ0) is 26.2. The molecule has 0 spiro atoms. The van der Waals surface area contributed by atoms with Gasteiger partial charge in [-0.25, -0.2) is 4.39 Å². The fourth-order valence-corrected chi connectivity index (χ4v) is 4.14. The van der Waals surface area contributed by atoms with E-state index in [0.29, 0.717) is 22.6 Å². The molecule has 10 nitrogen and oxygen atoms in total. The van der Waals surface area contributed by atoms with Crippen molar-refractivity contribution >= 4 is 23.5 Å². The Hall–Kier alpha value is -4.12. The van der Waals surface area contributed by atoms with Crippen molar-refractivity contribution in [2.75, 3.05) is 6.61 Å². The van der Waals surface area contributed by atoms with Gasteiger partial charge in [0.15, 0.2) is 5.69 Å². The maximum atomic E-state index is 14.3. The molecule has 37 heavy (non-hydrogen) atoms. The van der Waals surface area contributed by atoms with Crippen LogP contribution in [0.25, 0.3) is 11.1 Å². The van der Waals surface area contributed by atoms with Crippen LogP contribution in [-0.2, 0) is 22.5 Å². The minimum Gasteiger partial charge on any atom is -0.466 e. The molecule has 2 heterocycles. The van der Waals surface area contributed by atoms with Crippen LogP contribution in [-0.4, -0.2) is 54.9 Å². The monoisotopic (exact) mass is 525 g/mol. The van der Waals surface area contributed by atoms with Crippen molar-refractivity contribution in [2.24, 2.45) is 5.92 Å². The Bertz CT molecular complexity index is 1310. The molecule has 12 heteroatoms. The summed E-state index contributed by atoms with van der Waals surface area (Å²) in [6.45, 7) is 2.14. The summed E-state index contributed by atoms with van der Waals surface area (Å²) in [6.07, 6.45) is 5.02. The van der Waals surface area contributed by atoms with Crippen LogP contribution >= 0.6 is 11.6 Å². The Kier molecular flexibility index (Phi) is 8.57. The lowest BCUT2D eigenvalue weighted by Gasteiger charge is -2.23. The highest BCUT2D eigenvalue weighted by atomic mass is 35.5. The van der Waals surface area contributed by atoms with Crippen LogP contribution in [0, 0.1) is 11.7 Å². The van der Waals surface area contributed by atoms with Crippen LogP contribution in [0.1, 0.15) is 29.4 Å². The van der Waals surface area contributed by atoms with Gasteiger partial charge in [0.25, 0.3) is 5.91 Å². The number of ether oxygens (including phenoxy) is 1. The first kappa shape index (κ1) is 26.0. The molecule has 0 saturated heterocycles. The van der Waals surface area contributed by atoms with Gasteiger partial charge < -0.3 is 10.1 Å². The third-order valence-electron chi connectivity index (χ3n) is 5.70. The predicted molar refractivity (Wildman–Crippen MR) is 133 cm³/mol. The molecule has 4 aromatic rings. The Morgan fingerprint density at radius 2 is 1.92 bits per heavy atom. The zero-order valence-electron chi connectivity index (χ0n) is 20.0. The van der Waals surface area contributed by atoms with Crippen LogP contribution in [0.5, 0.6) is 0 Å². The van der Waals surface area contributed by atoms with Gasteiger partial charge in [0.2, 0.25) is 0 Å². The van der Waals surface area contributed by atoms with E-state index in [1.165, 1.54) is 35.5 Å². The van der Waals surface area contributed by atoms with Gasteiger partial charge in [0.1, 0.15) is 5.82 Å². The van der Waals surface area contributed by atoms with Crippen molar-refractivity contribution in [1.29, 1.82) is 0 Å². The first-order valence-electron chi connectivity index (χ1n) is 11.6. The normalized spacial score (nSPS) is 12.6. The van der Waals surface area contributed by atoms with Crippen LogP contribution in [0.4, 0.5) is 4.39 Å². The summed E-state index contributed by atoms with van der Waals surface area (Å²) in [6, 6.07) is 11.2. The molecule has 0 aliphatic heterocycles. The number of aromatic nitrogens is 6. The Morgan fingerprint density at radius 3 is 2.59 bits per heavy atom. The number of nitrogens with zero attached hydrogens (tertiary/aromatic N) is 5. The van der Waals surface area contributed by atoms with Crippen LogP contribution in [0.15, 0.2) is 61.1 Å². The number of esters is 1. The van der Waals surface area contributed by atoms with Gasteiger partial charge in [-0.05, 0) is 49.1 Å². The quantitative estimate of drug-likeness (QED) is 0.287. The maximum absolute atomic E-state index is 14.3. The molecular formula is C25H25ClFN7O3. The molecule has 1 amide bonds. The van der Waals surface area contributed by atoms with E-state index in [1.54, 1.807) is 25.1 Å². The summed E-state index contributed by atoms with van der Waals surface area (Å²) in [5.41, 5.74) is 2.06. The summed E-state index contributed by atoms with van der Waals surface area (Å²) in [7, 11) is 0. The topological polar surface area (TPSA) is 128 Å². The minimum atomic E-state index is -0.616. The van der Waals surface area contributed by atoms with Crippen molar-refractivity contribution in [3.8, 4) is 11.1 Å². The number of rotatable bonds is 11. The average molecular weight is 526 g/mol. The first-order valence-corrected chi connectivity index (χ1v) is 12.0. The second-order valence-electron chi connectivity index (χ2n) is 8.32. The van der Waals surface area contributed by atoms with E-state index < -0.39 is 23.8 Å². The number of nitrogens with one attached hydrogen (secondary N) is 2. The van der Waals surface area contributed by atoms with Crippen molar-refractivity contribution in [3.05, 3.63) is 83.2 Å². The molecule has 0 bridgehead atoms. The predicted octanol–water partition coefficient (Wildman–Crippen LogP) is 3.47. The van der Waals surface area contributed by atoms with E-state index in [-0.39, 0.29) is 31.1 Å². The zero-order valence-corrected chi connectivity index (χ0v) is 20.7. The highest BCUT2D eigenvalue weighted by Gasteiger charge is 2.27. The highest BCUT2D eigenvalue weighted by molar-refractivity contribution is 6.30. The van der Waals surface area contributed by atoms with Gasteiger partial charge in [-0.15, -0.1) is 0 Å². The van der Waals surface area contributed by atoms with Crippen molar-refractivity contribution in [3.63, 3.8) is 0 Å². The van der Waals surface area contributed by atoms with E-state index >= 15 is 0 Å². The van der Waals surface area contributed by atoms with Gasteiger partial charge in [0, 0.05) is 16.6 Å². The second-order valence-corrected chi connectivity index (χ2v) is 8.76. The maximum Gasteiger partial charge on any atom is 0.310 e. The molecular weight excluding hydrogens is 501 g/mol. The third-order valence-corrected chi connectivity index (χ3v) is 5.93. The third kappa shape index (κ3) is 6.98. The highest BCUT2D eigenvalue weighted by Crippen LogP contribution is 2.27. The van der Waals surface area contributed by atoms with E-state index in [0.717, 1.165) is 5.56 Å². The Morgan fingerprint density at radius 1 is 1.16 bits per heavy atom. The van der Waals surface area contributed by atoms with Gasteiger partial charge >= 0.3 is 5.97 Å². The van der Waals surface area contributed by atoms with E-state index in [1.807, 2.05) is 12.1 Å². The molecule has 4 rings (SSSR count). The summed E-state index contributed by atoms with van der Waals surface area (Å²) in [5.74, 6) is -1.84. The smallest absolute Gasteiger partial charge is 0.310 e. The molecule has 0 radical (unpaired) electrons.